The van der Waals surface area contributed by atoms with Crippen molar-refractivity contribution in [2.24, 2.45) is 0 Å². The number of aromatic nitrogens is 3. The van der Waals surface area contributed by atoms with Gasteiger partial charge in [-0.05, 0) is 37.1 Å². The van der Waals surface area contributed by atoms with E-state index in [2.05, 4.69) is 25.2 Å². The van der Waals surface area contributed by atoms with Gasteiger partial charge >= 0.3 is 0 Å². The molecule has 0 spiro atoms. The zero-order valence-electron chi connectivity index (χ0n) is 13.1. The van der Waals surface area contributed by atoms with Crippen LogP contribution in [0.2, 0.25) is 0 Å². The third kappa shape index (κ3) is 2.67. The van der Waals surface area contributed by atoms with E-state index < -0.39 is 0 Å². The summed E-state index contributed by atoms with van der Waals surface area (Å²) in [6.45, 7) is 2.11. The van der Waals surface area contributed by atoms with E-state index in [0.29, 0.717) is 0 Å². The van der Waals surface area contributed by atoms with Crippen molar-refractivity contribution in [1.82, 2.24) is 15.0 Å². The first-order chi connectivity index (χ1) is 11.8. The summed E-state index contributed by atoms with van der Waals surface area (Å²) < 4.78 is 0. The molecule has 0 saturated carbocycles. The molecule has 0 aliphatic carbocycles. The maximum atomic E-state index is 12.4. The van der Waals surface area contributed by atoms with Crippen molar-refractivity contribution in [3.05, 3.63) is 54.7 Å². The largest absolute Gasteiger partial charge is 0.370 e. The number of nitrogens with zero attached hydrogens (tertiary/aromatic N) is 4. The fraction of sp³-hybridized carbons (Fsp3) is 0.222. The molecule has 6 nitrogen and oxygen atoms in total. The van der Waals surface area contributed by atoms with Crippen LogP contribution in [0, 0.1) is 0 Å². The van der Waals surface area contributed by atoms with Crippen LogP contribution in [0.3, 0.4) is 0 Å². The molecule has 1 amide bonds. The molecule has 6 heteroatoms. The average Bonchev–Trinajstić information content (AvgIpc) is 3.17. The number of hydrogen-bond donors (Lipinski definition) is 1. The molecule has 4 rings (SSSR count). The first-order valence-electron chi connectivity index (χ1n) is 8.03. The molecule has 1 N–H and O–H groups in total. The van der Waals surface area contributed by atoms with Gasteiger partial charge < -0.3 is 10.2 Å². The third-order valence-corrected chi connectivity index (χ3v) is 4.24. The normalized spacial score (nSPS) is 14.1. The maximum Gasteiger partial charge on any atom is 0.275 e. The summed E-state index contributed by atoms with van der Waals surface area (Å²) in [4.78, 5) is 27.2. The summed E-state index contributed by atoms with van der Waals surface area (Å²) in [5.74, 6) is -0.276. The molecule has 1 saturated heterocycles. The van der Waals surface area contributed by atoms with Crippen molar-refractivity contribution in [2.75, 3.05) is 23.3 Å². The number of carbonyl (C=O) groups is 1. The average molecular weight is 319 g/mol. The van der Waals surface area contributed by atoms with E-state index in [1.54, 1.807) is 12.4 Å². The Kier molecular flexibility index (Phi) is 3.78. The van der Waals surface area contributed by atoms with Crippen molar-refractivity contribution in [1.29, 1.82) is 0 Å². The summed E-state index contributed by atoms with van der Waals surface area (Å²) in [5.41, 5.74) is 3.06. The topological polar surface area (TPSA) is 71.0 Å². The van der Waals surface area contributed by atoms with Gasteiger partial charge in [0.25, 0.3) is 5.91 Å². The Balaban J connectivity index is 1.72. The Labute approximate surface area is 139 Å². The number of pyridine rings is 1. The minimum absolute atomic E-state index is 0.276. The molecule has 0 bridgehead atoms. The van der Waals surface area contributed by atoms with E-state index in [9.17, 15) is 4.79 Å². The molecule has 3 heterocycles. The molecule has 1 aliphatic heterocycles. The molecule has 3 aromatic rings. The molecule has 1 aromatic carbocycles. The Morgan fingerprint density at radius 1 is 1.04 bits per heavy atom. The number of fused-ring (bicyclic) bond motifs is 1. The molecular weight excluding hydrogens is 302 g/mol. The lowest BCUT2D eigenvalue weighted by molar-refractivity contribution is 0.102. The number of anilines is 2. The quantitative estimate of drug-likeness (QED) is 0.804. The molecule has 24 heavy (non-hydrogen) atoms. The number of nitrogens with one attached hydrogen (secondary N) is 1. The minimum atomic E-state index is -0.276. The number of carbonyl (C=O) groups excluding carboxylic acids is 1. The number of rotatable bonds is 3. The van der Waals surface area contributed by atoms with Gasteiger partial charge in [0.2, 0.25) is 0 Å². The Morgan fingerprint density at radius 3 is 2.71 bits per heavy atom. The second-order valence-corrected chi connectivity index (χ2v) is 5.77. The van der Waals surface area contributed by atoms with E-state index >= 15 is 0 Å². The van der Waals surface area contributed by atoms with Crippen LogP contribution in [0.4, 0.5) is 11.4 Å². The van der Waals surface area contributed by atoms with Gasteiger partial charge in [-0.25, -0.2) is 4.98 Å². The molecule has 120 valence electrons. The predicted octanol–water partition coefficient (Wildman–Crippen LogP) is 2.88. The second kappa shape index (κ2) is 6.23. The lowest BCUT2D eigenvalue weighted by Crippen LogP contribution is -2.19. The summed E-state index contributed by atoms with van der Waals surface area (Å²) in [6, 6.07) is 7.83. The fourth-order valence-electron chi connectivity index (χ4n) is 3.08. The van der Waals surface area contributed by atoms with Gasteiger partial charge in [0.1, 0.15) is 5.69 Å². The van der Waals surface area contributed by atoms with Gasteiger partial charge in [-0.1, -0.05) is 0 Å². The molecule has 0 atom stereocenters. The van der Waals surface area contributed by atoms with Crippen LogP contribution in [0.1, 0.15) is 23.3 Å². The smallest absolute Gasteiger partial charge is 0.275 e. The van der Waals surface area contributed by atoms with E-state index in [0.717, 1.165) is 35.4 Å². The van der Waals surface area contributed by atoms with Crippen molar-refractivity contribution in [3.63, 3.8) is 0 Å². The van der Waals surface area contributed by atoms with Gasteiger partial charge in [0.15, 0.2) is 0 Å². The first-order valence-corrected chi connectivity index (χ1v) is 8.03. The first kappa shape index (κ1) is 14.6. The SMILES string of the molecule is O=C(Nc1ccc(N2CCCC2)c2ncccc12)c1cnccn1. The highest BCUT2D eigenvalue weighted by atomic mass is 16.1. The van der Waals surface area contributed by atoms with Crippen LogP contribution >= 0.6 is 0 Å². The van der Waals surface area contributed by atoms with E-state index in [1.165, 1.54) is 25.2 Å². The summed E-state index contributed by atoms with van der Waals surface area (Å²) in [7, 11) is 0. The van der Waals surface area contributed by atoms with Crippen LogP contribution in [0.25, 0.3) is 10.9 Å². The van der Waals surface area contributed by atoms with Crippen LogP contribution in [0.5, 0.6) is 0 Å². The summed E-state index contributed by atoms with van der Waals surface area (Å²) >= 11 is 0. The van der Waals surface area contributed by atoms with Crippen LogP contribution in [-0.4, -0.2) is 33.9 Å². The highest BCUT2D eigenvalue weighted by Crippen LogP contribution is 2.32. The van der Waals surface area contributed by atoms with Crippen LogP contribution in [0.15, 0.2) is 49.1 Å². The van der Waals surface area contributed by atoms with E-state index in [-0.39, 0.29) is 11.6 Å². The second-order valence-electron chi connectivity index (χ2n) is 5.77. The molecule has 0 unspecified atom stereocenters. The highest BCUT2D eigenvalue weighted by molar-refractivity contribution is 6.09. The highest BCUT2D eigenvalue weighted by Gasteiger charge is 2.18. The molecular formula is C18H17N5O. The van der Waals surface area contributed by atoms with Gasteiger partial charge in [-0.3, -0.25) is 14.8 Å². The third-order valence-electron chi connectivity index (χ3n) is 4.24. The van der Waals surface area contributed by atoms with E-state index in [1.807, 2.05) is 24.3 Å². The zero-order chi connectivity index (χ0) is 16.4. The Hall–Kier alpha value is -3.02. The maximum absolute atomic E-state index is 12.4. The van der Waals surface area contributed by atoms with Crippen LogP contribution in [-0.2, 0) is 0 Å². The van der Waals surface area contributed by atoms with Gasteiger partial charge in [0.05, 0.1) is 23.1 Å². The number of amides is 1. The van der Waals surface area contributed by atoms with Gasteiger partial charge in [0, 0.05) is 37.1 Å². The molecule has 1 fully saturated rings. The van der Waals surface area contributed by atoms with Crippen molar-refractivity contribution in [2.45, 2.75) is 12.8 Å². The number of benzene rings is 1. The monoisotopic (exact) mass is 319 g/mol. The van der Waals surface area contributed by atoms with Crippen molar-refractivity contribution in [3.8, 4) is 0 Å². The summed E-state index contributed by atoms with van der Waals surface area (Å²) in [6.07, 6.45) is 8.70. The molecule has 1 aliphatic rings. The van der Waals surface area contributed by atoms with Gasteiger partial charge in [-0.15, -0.1) is 0 Å². The summed E-state index contributed by atoms with van der Waals surface area (Å²) in [5, 5.41) is 3.85. The van der Waals surface area contributed by atoms with Crippen LogP contribution < -0.4 is 10.2 Å². The lowest BCUT2D eigenvalue weighted by atomic mass is 10.1. The Bertz CT molecular complexity index is 875. The predicted molar refractivity (Wildman–Crippen MR) is 93.2 cm³/mol. The van der Waals surface area contributed by atoms with Crippen molar-refractivity contribution < 1.29 is 4.79 Å². The van der Waals surface area contributed by atoms with Crippen molar-refractivity contribution >= 4 is 28.2 Å². The van der Waals surface area contributed by atoms with E-state index in [4.69, 9.17) is 0 Å². The molecule has 0 radical (unpaired) electrons. The minimum Gasteiger partial charge on any atom is -0.370 e. The lowest BCUT2D eigenvalue weighted by Gasteiger charge is -2.20. The zero-order valence-corrected chi connectivity index (χ0v) is 13.1. The molecule has 2 aromatic heterocycles. The fourth-order valence-corrected chi connectivity index (χ4v) is 3.08. The standard InChI is InChI=1S/C18H17N5O/c24-18(15-12-19-8-9-20-15)22-14-5-6-16(23-10-1-2-11-23)17-13(14)4-3-7-21-17/h3-9,12H,1-2,10-11H2,(H,22,24). The number of hydrogen-bond acceptors (Lipinski definition) is 5. The Morgan fingerprint density at radius 2 is 1.92 bits per heavy atom. The van der Waals surface area contributed by atoms with Gasteiger partial charge in [-0.2, -0.15) is 0 Å².